The molecule has 0 fully saturated rings. The summed E-state index contributed by atoms with van der Waals surface area (Å²) in [6, 6.07) is 9.66. The van der Waals surface area contributed by atoms with Crippen molar-refractivity contribution in [2.24, 2.45) is 0 Å². The van der Waals surface area contributed by atoms with Gasteiger partial charge >= 0.3 is 5.69 Å². The van der Waals surface area contributed by atoms with Gasteiger partial charge in [-0.3, -0.25) is 0 Å². The Morgan fingerprint density at radius 1 is 1.11 bits per heavy atom. The number of aryl methyl sites for hydroxylation is 1. The van der Waals surface area contributed by atoms with Crippen molar-refractivity contribution in [1.29, 1.82) is 0 Å². The number of hydrogen-bond donors (Lipinski definition) is 3. The van der Waals surface area contributed by atoms with E-state index in [4.69, 9.17) is 4.42 Å². The van der Waals surface area contributed by atoms with Crippen LogP contribution >= 0.6 is 0 Å². The van der Waals surface area contributed by atoms with Gasteiger partial charge in [-0.2, -0.15) is 0 Å². The van der Waals surface area contributed by atoms with Crippen LogP contribution in [0.3, 0.4) is 0 Å². The highest BCUT2D eigenvalue weighted by Crippen LogP contribution is 2.16. The number of imidazole rings is 1. The molecule has 0 aliphatic carbocycles. The quantitative estimate of drug-likeness (QED) is 0.672. The Labute approximate surface area is 109 Å². The molecule has 0 amide bonds. The molecule has 19 heavy (non-hydrogen) atoms. The SMILES string of the molecule is CCc1ccc(CNc2ccc3[nH]c(=O)[nH]c3c2)o1. The maximum atomic E-state index is 11.2. The summed E-state index contributed by atoms with van der Waals surface area (Å²) < 4.78 is 5.62. The van der Waals surface area contributed by atoms with Gasteiger partial charge in [-0.05, 0) is 30.3 Å². The van der Waals surface area contributed by atoms with Crippen LogP contribution in [0.2, 0.25) is 0 Å². The number of rotatable bonds is 4. The molecule has 5 heteroatoms. The van der Waals surface area contributed by atoms with Crippen molar-refractivity contribution in [2.45, 2.75) is 19.9 Å². The number of hydrogen-bond acceptors (Lipinski definition) is 3. The van der Waals surface area contributed by atoms with Crippen LogP contribution in [0.4, 0.5) is 5.69 Å². The Hall–Kier alpha value is -2.43. The number of H-pyrrole nitrogens is 2. The number of furan rings is 1. The molecule has 0 aliphatic heterocycles. The van der Waals surface area contributed by atoms with E-state index >= 15 is 0 Å². The fraction of sp³-hybridized carbons (Fsp3) is 0.214. The lowest BCUT2D eigenvalue weighted by molar-refractivity contribution is 0.476. The third kappa shape index (κ3) is 2.40. The lowest BCUT2D eigenvalue weighted by Gasteiger charge is -2.04. The number of aromatic amines is 2. The van der Waals surface area contributed by atoms with Crippen LogP contribution < -0.4 is 11.0 Å². The first-order valence-electron chi connectivity index (χ1n) is 6.28. The van der Waals surface area contributed by atoms with Gasteiger partial charge in [0.05, 0.1) is 17.6 Å². The summed E-state index contributed by atoms with van der Waals surface area (Å²) in [4.78, 5) is 16.6. The van der Waals surface area contributed by atoms with E-state index in [1.165, 1.54) is 0 Å². The molecular formula is C14H15N3O2. The molecule has 2 aromatic heterocycles. The van der Waals surface area contributed by atoms with Gasteiger partial charge in [-0.15, -0.1) is 0 Å². The smallest absolute Gasteiger partial charge is 0.323 e. The zero-order chi connectivity index (χ0) is 13.2. The molecule has 0 saturated carbocycles. The van der Waals surface area contributed by atoms with Gasteiger partial charge < -0.3 is 19.7 Å². The van der Waals surface area contributed by atoms with Crippen LogP contribution in [0.1, 0.15) is 18.4 Å². The normalized spacial score (nSPS) is 11.0. The number of anilines is 1. The zero-order valence-corrected chi connectivity index (χ0v) is 10.6. The third-order valence-electron chi connectivity index (χ3n) is 3.05. The van der Waals surface area contributed by atoms with E-state index in [1.54, 1.807) is 0 Å². The minimum atomic E-state index is -0.189. The molecule has 1 aromatic carbocycles. The van der Waals surface area contributed by atoms with E-state index < -0.39 is 0 Å². The van der Waals surface area contributed by atoms with Crippen molar-refractivity contribution in [3.8, 4) is 0 Å². The monoisotopic (exact) mass is 257 g/mol. The number of benzene rings is 1. The summed E-state index contributed by atoms with van der Waals surface area (Å²) in [5, 5.41) is 3.27. The Kier molecular flexibility index (Phi) is 2.87. The number of fused-ring (bicyclic) bond motifs is 1. The second kappa shape index (κ2) is 4.68. The van der Waals surface area contributed by atoms with Crippen LogP contribution in [-0.4, -0.2) is 9.97 Å². The van der Waals surface area contributed by atoms with Crippen LogP contribution in [0, 0.1) is 0 Å². The fourth-order valence-corrected chi connectivity index (χ4v) is 2.04. The molecule has 0 saturated heterocycles. The van der Waals surface area contributed by atoms with Crippen LogP contribution in [0.25, 0.3) is 11.0 Å². The van der Waals surface area contributed by atoms with Crippen molar-refractivity contribution >= 4 is 16.7 Å². The van der Waals surface area contributed by atoms with E-state index in [9.17, 15) is 4.79 Å². The summed E-state index contributed by atoms with van der Waals surface area (Å²) >= 11 is 0. The molecule has 0 spiro atoms. The van der Waals surface area contributed by atoms with Gasteiger partial charge in [0.15, 0.2) is 0 Å². The van der Waals surface area contributed by atoms with Crippen molar-refractivity contribution in [2.75, 3.05) is 5.32 Å². The maximum absolute atomic E-state index is 11.2. The van der Waals surface area contributed by atoms with Crippen molar-refractivity contribution in [1.82, 2.24) is 9.97 Å². The molecule has 0 unspecified atom stereocenters. The lowest BCUT2D eigenvalue weighted by atomic mass is 10.2. The van der Waals surface area contributed by atoms with E-state index in [-0.39, 0.29) is 5.69 Å². The standard InChI is InChI=1S/C14H15N3O2/c1-2-10-4-5-11(19-10)8-15-9-3-6-12-13(7-9)17-14(18)16-12/h3-7,15H,2,8H2,1H3,(H2,16,17,18). The second-order valence-corrected chi connectivity index (χ2v) is 4.41. The van der Waals surface area contributed by atoms with E-state index in [0.717, 1.165) is 34.7 Å². The second-order valence-electron chi connectivity index (χ2n) is 4.41. The first-order chi connectivity index (χ1) is 9.24. The van der Waals surface area contributed by atoms with E-state index in [2.05, 4.69) is 22.2 Å². The fourth-order valence-electron chi connectivity index (χ4n) is 2.04. The summed E-state index contributed by atoms with van der Waals surface area (Å²) in [5.74, 6) is 1.89. The molecular weight excluding hydrogens is 242 g/mol. The molecule has 0 radical (unpaired) electrons. The number of aromatic nitrogens is 2. The summed E-state index contributed by atoms with van der Waals surface area (Å²) in [5.41, 5.74) is 2.36. The van der Waals surface area contributed by atoms with Gasteiger partial charge in [0, 0.05) is 12.1 Å². The van der Waals surface area contributed by atoms with Gasteiger partial charge in [-0.25, -0.2) is 4.79 Å². The molecule has 0 bridgehead atoms. The van der Waals surface area contributed by atoms with Gasteiger partial charge in [0.2, 0.25) is 0 Å². The Balaban J connectivity index is 1.75. The molecule has 3 aromatic rings. The maximum Gasteiger partial charge on any atom is 0.323 e. The third-order valence-corrected chi connectivity index (χ3v) is 3.05. The lowest BCUT2D eigenvalue weighted by Crippen LogP contribution is -1.99. The van der Waals surface area contributed by atoms with Crippen LogP contribution in [0.5, 0.6) is 0 Å². The average molecular weight is 257 g/mol. The Morgan fingerprint density at radius 3 is 2.68 bits per heavy atom. The summed E-state index contributed by atoms with van der Waals surface area (Å²) in [6.45, 7) is 2.69. The number of nitrogens with one attached hydrogen (secondary N) is 3. The zero-order valence-electron chi connectivity index (χ0n) is 10.6. The molecule has 0 aliphatic rings. The highest BCUT2D eigenvalue weighted by molar-refractivity contribution is 5.78. The summed E-state index contributed by atoms with van der Waals surface area (Å²) in [7, 11) is 0. The van der Waals surface area contributed by atoms with Crippen LogP contribution in [-0.2, 0) is 13.0 Å². The molecule has 0 atom stereocenters. The summed E-state index contributed by atoms with van der Waals surface area (Å²) in [6.07, 6.45) is 0.899. The predicted molar refractivity (Wildman–Crippen MR) is 74.3 cm³/mol. The molecule has 5 nitrogen and oxygen atoms in total. The minimum absolute atomic E-state index is 0.189. The van der Waals surface area contributed by atoms with Gasteiger partial charge in [-0.1, -0.05) is 6.92 Å². The first-order valence-corrected chi connectivity index (χ1v) is 6.28. The van der Waals surface area contributed by atoms with Crippen molar-refractivity contribution in [3.63, 3.8) is 0 Å². The Bertz CT molecular complexity index is 751. The Morgan fingerprint density at radius 2 is 1.89 bits per heavy atom. The topological polar surface area (TPSA) is 73.8 Å². The average Bonchev–Trinajstić information content (AvgIpc) is 3.00. The minimum Gasteiger partial charge on any atom is -0.464 e. The molecule has 3 N–H and O–H groups in total. The van der Waals surface area contributed by atoms with E-state index in [0.29, 0.717) is 6.54 Å². The highest BCUT2D eigenvalue weighted by atomic mass is 16.3. The van der Waals surface area contributed by atoms with Crippen molar-refractivity contribution in [3.05, 3.63) is 52.3 Å². The van der Waals surface area contributed by atoms with Crippen LogP contribution in [0.15, 0.2) is 39.5 Å². The predicted octanol–water partition coefficient (Wildman–Crippen LogP) is 2.62. The molecule has 3 rings (SSSR count). The first kappa shape index (κ1) is 11.6. The van der Waals surface area contributed by atoms with Gasteiger partial charge in [0.1, 0.15) is 11.5 Å². The largest absolute Gasteiger partial charge is 0.464 e. The van der Waals surface area contributed by atoms with Crippen molar-refractivity contribution < 1.29 is 4.42 Å². The molecule has 2 heterocycles. The molecule has 98 valence electrons. The van der Waals surface area contributed by atoms with Gasteiger partial charge in [0.25, 0.3) is 0 Å². The van der Waals surface area contributed by atoms with E-state index in [1.807, 2.05) is 30.3 Å². The highest BCUT2D eigenvalue weighted by Gasteiger charge is 2.02.